The monoisotopic (exact) mass is 437 g/mol. The maximum absolute atomic E-state index is 12.0. The van der Waals surface area contributed by atoms with Gasteiger partial charge >= 0.3 is 12.1 Å². The quantitative estimate of drug-likeness (QED) is 0.531. The Hall–Kier alpha value is -2.12. The van der Waals surface area contributed by atoms with Gasteiger partial charge in [0.25, 0.3) is 0 Å². The number of ether oxygens (including phenoxy) is 1. The molecule has 1 heterocycles. The first-order valence-electron chi connectivity index (χ1n) is 11.6. The molecule has 178 valence electrons. The van der Waals surface area contributed by atoms with Gasteiger partial charge in [0.05, 0.1) is 0 Å². The lowest BCUT2D eigenvalue weighted by molar-refractivity contribution is -0.142. The van der Waals surface area contributed by atoms with Crippen molar-refractivity contribution in [3.8, 4) is 5.75 Å². The van der Waals surface area contributed by atoms with E-state index >= 15 is 0 Å². The lowest BCUT2D eigenvalue weighted by atomic mass is 10.0. The van der Waals surface area contributed by atoms with Gasteiger partial charge in [-0.1, -0.05) is 59.7 Å². The van der Waals surface area contributed by atoms with Gasteiger partial charge in [0.1, 0.15) is 11.8 Å². The second-order valence-electron chi connectivity index (χ2n) is 7.50. The smallest absolute Gasteiger partial charge is 0.412 e. The molecule has 1 aliphatic rings. The summed E-state index contributed by atoms with van der Waals surface area (Å²) < 4.78 is 5.24. The minimum atomic E-state index is -0.742. The number of carbonyl (C=O) groups excluding carboxylic acids is 1. The van der Waals surface area contributed by atoms with Crippen molar-refractivity contribution in [2.24, 2.45) is 5.92 Å². The van der Waals surface area contributed by atoms with Crippen LogP contribution >= 0.6 is 0 Å². The van der Waals surface area contributed by atoms with Gasteiger partial charge in [0.2, 0.25) is 0 Å². The highest BCUT2D eigenvalue weighted by Crippen LogP contribution is 2.19. The van der Waals surface area contributed by atoms with Crippen LogP contribution in [0.1, 0.15) is 61.3 Å². The molecule has 31 heavy (non-hydrogen) atoms. The molecule has 2 rings (SSSR count). The molecule has 1 saturated heterocycles. The van der Waals surface area contributed by atoms with Crippen LogP contribution in [-0.2, 0) is 4.79 Å². The van der Waals surface area contributed by atoms with E-state index in [-0.39, 0.29) is 18.1 Å². The number of carbonyl (C=O) groups is 2. The van der Waals surface area contributed by atoms with Crippen LogP contribution in [0.2, 0.25) is 0 Å². The van der Waals surface area contributed by atoms with E-state index < -0.39 is 12.1 Å². The highest BCUT2D eigenvalue weighted by atomic mass is 16.6. The lowest BCUT2D eigenvalue weighted by Crippen LogP contribution is -2.51. The zero-order valence-corrected chi connectivity index (χ0v) is 20.4. The number of rotatable bonds is 9. The Morgan fingerprint density at radius 3 is 2.29 bits per heavy atom. The summed E-state index contributed by atoms with van der Waals surface area (Å²) in [7, 11) is 0. The van der Waals surface area contributed by atoms with Crippen LogP contribution in [0.3, 0.4) is 0 Å². The molecule has 7 heteroatoms. The van der Waals surface area contributed by atoms with Crippen molar-refractivity contribution in [1.82, 2.24) is 15.5 Å². The van der Waals surface area contributed by atoms with Gasteiger partial charge in [-0.2, -0.15) is 0 Å². The van der Waals surface area contributed by atoms with Crippen LogP contribution < -0.4 is 15.4 Å². The van der Waals surface area contributed by atoms with Gasteiger partial charge in [0.15, 0.2) is 0 Å². The number of hydrogen-bond acceptors (Lipinski definition) is 5. The van der Waals surface area contributed by atoms with Crippen molar-refractivity contribution < 1.29 is 19.4 Å². The number of aliphatic carboxylic acids is 1. The second kappa shape index (κ2) is 16.6. The number of nitrogens with one attached hydrogen (secondary N) is 2. The van der Waals surface area contributed by atoms with Crippen molar-refractivity contribution in [2.45, 2.75) is 79.4 Å². The maximum Gasteiger partial charge on any atom is 0.412 e. The predicted molar refractivity (Wildman–Crippen MR) is 127 cm³/mol. The molecule has 7 nitrogen and oxygen atoms in total. The van der Waals surface area contributed by atoms with Crippen LogP contribution in [0.4, 0.5) is 4.79 Å². The molecule has 3 N–H and O–H groups in total. The second-order valence-corrected chi connectivity index (χ2v) is 7.50. The fourth-order valence-electron chi connectivity index (χ4n) is 3.29. The topological polar surface area (TPSA) is 90.9 Å². The summed E-state index contributed by atoms with van der Waals surface area (Å²) >= 11 is 0. The third-order valence-electron chi connectivity index (χ3n) is 4.89. The van der Waals surface area contributed by atoms with Crippen molar-refractivity contribution in [1.29, 1.82) is 0 Å². The zero-order valence-electron chi connectivity index (χ0n) is 20.4. The van der Waals surface area contributed by atoms with Gasteiger partial charge in [-0.25, -0.2) is 4.79 Å². The van der Waals surface area contributed by atoms with Gasteiger partial charge in [0, 0.05) is 25.2 Å². The molecule has 1 amide bonds. The van der Waals surface area contributed by atoms with E-state index in [1.807, 2.05) is 57.7 Å². The number of para-hydroxylation sites is 1. The van der Waals surface area contributed by atoms with Crippen LogP contribution in [0.5, 0.6) is 5.75 Å². The molecule has 0 bridgehead atoms. The van der Waals surface area contributed by atoms with E-state index in [2.05, 4.69) is 24.5 Å². The fraction of sp³-hybridized carbons (Fsp3) is 0.667. The lowest BCUT2D eigenvalue weighted by Gasteiger charge is -2.31. The molecule has 1 aromatic carbocycles. The standard InChI is InChI=1S/C20H31N3O4.2C2H6/c1-14(2)17(13-23-11-7-10-18(23)19(24)25)21-12-15(3)22-20(26)27-16-8-5-4-6-9-16;2*1-2/h4-6,8-9,14-15,17-18,21H,7,10-13H2,1-3H3,(H,22,26)(H,24,25);2*1-2H3. The van der Waals surface area contributed by atoms with Gasteiger partial charge in [-0.15, -0.1) is 0 Å². The highest BCUT2D eigenvalue weighted by molar-refractivity contribution is 5.73. The molecule has 0 spiro atoms. The molecular formula is C24H43N3O4. The Balaban J connectivity index is 0.00000212. The summed E-state index contributed by atoms with van der Waals surface area (Å²) in [6.07, 6.45) is 1.15. The molecule has 1 aromatic rings. The SMILES string of the molecule is CC.CC.CC(CNC(CN1CCCC1C(=O)O)C(C)C)NC(=O)Oc1ccccc1. The summed E-state index contributed by atoms with van der Waals surface area (Å²) in [4.78, 5) is 25.4. The Bertz CT molecular complexity index is 610. The van der Waals surface area contributed by atoms with Crippen molar-refractivity contribution in [3.05, 3.63) is 30.3 Å². The zero-order chi connectivity index (χ0) is 23.8. The highest BCUT2D eigenvalue weighted by Gasteiger charge is 2.32. The minimum absolute atomic E-state index is 0.115. The average Bonchev–Trinajstić information content (AvgIpc) is 3.23. The number of benzene rings is 1. The number of amides is 1. The number of carboxylic acids is 1. The Morgan fingerprint density at radius 1 is 1.13 bits per heavy atom. The predicted octanol–water partition coefficient (Wildman–Crippen LogP) is 4.38. The number of likely N-dealkylation sites (tertiary alicyclic amines) is 1. The van der Waals surface area contributed by atoms with Gasteiger partial charge in [-0.05, 0) is 44.4 Å². The Labute approximate surface area is 188 Å². The molecule has 3 atom stereocenters. The fourth-order valence-corrected chi connectivity index (χ4v) is 3.29. The Kier molecular flexibility index (Phi) is 15.4. The van der Waals surface area contributed by atoms with Gasteiger partial charge in [-0.3, -0.25) is 9.69 Å². The van der Waals surface area contributed by atoms with E-state index in [9.17, 15) is 14.7 Å². The van der Waals surface area contributed by atoms with Crippen LogP contribution in [0.15, 0.2) is 30.3 Å². The first-order chi connectivity index (χ1) is 14.9. The van der Waals surface area contributed by atoms with Crippen molar-refractivity contribution >= 4 is 12.1 Å². The third kappa shape index (κ3) is 11.2. The van der Waals surface area contributed by atoms with E-state index in [1.165, 1.54) is 0 Å². The summed E-state index contributed by atoms with van der Waals surface area (Å²) in [6.45, 7) is 16.2. The number of hydrogen-bond donors (Lipinski definition) is 3. The average molecular weight is 438 g/mol. The molecule has 3 unspecified atom stereocenters. The molecule has 0 aromatic heterocycles. The van der Waals surface area contributed by atoms with Crippen LogP contribution in [0.25, 0.3) is 0 Å². The normalized spacial score (nSPS) is 17.5. The molecule has 0 radical (unpaired) electrons. The first-order valence-corrected chi connectivity index (χ1v) is 11.6. The summed E-state index contributed by atoms with van der Waals surface area (Å²) in [5.41, 5.74) is 0. The van der Waals surface area contributed by atoms with E-state index in [4.69, 9.17) is 4.74 Å². The third-order valence-corrected chi connectivity index (χ3v) is 4.89. The van der Waals surface area contributed by atoms with Crippen molar-refractivity contribution in [3.63, 3.8) is 0 Å². The first kappa shape index (κ1) is 28.9. The molecule has 1 fully saturated rings. The largest absolute Gasteiger partial charge is 0.480 e. The Morgan fingerprint density at radius 2 is 1.74 bits per heavy atom. The summed E-state index contributed by atoms with van der Waals surface area (Å²) in [5, 5.41) is 15.6. The van der Waals surface area contributed by atoms with E-state index in [0.717, 1.165) is 13.0 Å². The number of carboxylic acid groups (broad SMARTS) is 1. The number of nitrogens with zero attached hydrogens (tertiary/aromatic N) is 1. The molecule has 0 saturated carbocycles. The minimum Gasteiger partial charge on any atom is -0.480 e. The molecular weight excluding hydrogens is 394 g/mol. The van der Waals surface area contributed by atoms with E-state index in [1.54, 1.807) is 12.1 Å². The molecule has 0 aliphatic carbocycles. The molecule has 1 aliphatic heterocycles. The van der Waals surface area contributed by atoms with Crippen LogP contribution in [0, 0.1) is 5.92 Å². The van der Waals surface area contributed by atoms with Gasteiger partial charge < -0.3 is 20.5 Å². The summed E-state index contributed by atoms with van der Waals surface area (Å²) in [6, 6.07) is 8.59. The maximum atomic E-state index is 12.0. The summed E-state index contributed by atoms with van der Waals surface area (Å²) in [5.74, 6) is 0.112. The van der Waals surface area contributed by atoms with Crippen molar-refractivity contribution in [2.75, 3.05) is 19.6 Å². The van der Waals surface area contributed by atoms with E-state index in [0.29, 0.717) is 31.2 Å². The van der Waals surface area contributed by atoms with Crippen LogP contribution in [-0.4, -0.2) is 59.8 Å².